The van der Waals surface area contributed by atoms with Crippen LogP contribution in [0.5, 0.6) is 0 Å². The van der Waals surface area contributed by atoms with Crippen LogP contribution in [0.1, 0.15) is 465 Å². The van der Waals surface area contributed by atoms with E-state index < -0.39 is 97.5 Å². The third kappa shape index (κ3) is 78.7. The highest BCUT2D eigenvalue weighted by Crippen LogP contribution is 2.45. The van der Waals surface area contributed by atoms with Crippen molar-refractivity contribution in [3.05, 3.63) is 0 Å². The molecule has 106 heavy (non-hydrogen) atoms. The molecule has 0 aliphatic heterocycles. The molecule has 0 saturated heterocycles. The van der Waals surface area contributed by atoms with Gasteiger partial charge in [0.1, 0.15) is 19.3 Å². The molecule has 0 bridgehead atoms. The summed E-state index contributed by atoms with van der Waals surface area (Å²) < 4.78 is 68.9. The van der Waals surface area contributed by atoms with Crippen molar-refractivity contribution in [2.45, 2.75) is 484 Å². The lowest BCUT2D eigenvalue weighted by atomic mass is 9.99. The Morgan fingerprint density at radius 1 is 0.274 bits per heavy atom. The number of hydrogen-bond donors (Lipinski definition) is 3. The highest BCUT2D eigenvalue weighted by atomic mass is 31.2. The molecule has 0 aliphatic rings. The Hall–Kier alpha value is -1.94. The summed E-state index contributed by atoms with van der Waals surface area (Å²) in [4.78, 5) is 73.3. The van der Waals surface area contributed by atoms with E-state index in [1.807, 2.05) is 0 Å². The smallest absolute Gasteiger partial charge is 0.462 e. The molecule has 0 aliphatic carbocycles. The number of rotatable bonds is 86. The van der Waals surface area contributed by atoms with Crippen molar-refractivity contribution in [2.75, 3.05) is 39.6 Å². The van der Waals surface area contributed by atoms with E-state index in [2.05, 4.69) is 41.5 Å². The number of ether oxygens (including phenoxy) is 4. The van der Waals surface area contributed by atoms with E-state index in [4.69, 9.17) is 37.0 Å². The molecule has 0 spiro atoms. The van der Waals surface area contributed by atoms with Gasteiger partial charge >= 0.3 is 39.5 Å². The maximum Gasteiger partial charge on any atom is 0.472 e. The molecule has 0 saturated carbocycles. The third-order valence-corrected chi connectivity index (χ3v) is 22.7. The summed E-state index contributed by atoms with van der Waals surface area (Å²) in [7, 11) is -9.93. The molecule has 0 aromatic heterocycles. The number of hydrogen-bond acceptors (Lipinski definition) is 15. The van der Waals surface area contributed by atoms with E-state index in [9.17, 15) is 43.2 Å². The van der Waals surface area contributed by atoms with E-state index in [1.54, 1.807) is 0 Å². The number of aliphatic hydroxyl groups excluding tert-OH is 1. The molecule has 630 valence electrons. The minimum Gasteiger partial charge on any atom is -0.462 e. The van der Waals surface area contributed by atoms with Gasteiger partial charge in [-0.05, 0) is 37.5 Å². The van der Waals surface area contributed by atoms with Crippen LogP contribution in [0.3, 0.4) is 0 Å². The van der Waals surface area contributed by atoms with Gasteiger partial charge in [-0.3, -0.25) is 37.3 Å². The Morgan fingerprint density at radius 2 is 0.481 bits per heavy atom. The Balaban J connectivity index is 5.24. The van der Waals surface area contributed by atoms with E-state index >= 15 is 0 Å². The Labute approximate surface area is 651 Å². The molecular weight excluding hydrogens is 1380 g/mol. The predicted octanol–water partition coefficient (Wildman–Crippen LogP) is 26.6. The van der Waals surface area contributed by atoms with E-state index in [0.29, 0.717) is 25.7 Å². The SMILES string of the molecule is CCCCCCCCCCCCCCCCCCCCCCCCC(=O)O[C@H](COC(=O)CCCCCCCCCCCCCCCCCC(C)C)COP(=O)(O)OC[C@@H](O)COP(=O)(O)OC[C@@H](COC(=O)CCCCCCCCCCC(C)CC)OC(=O)CCCCCCCCCCCCCCCC. The van der Waals surface area contributed by atoms with Crippen molar-refractivity contribution in [3.8, 4) is 0 Å². The summed E-state index contributed by atoms with van der Waals surface area (Å²) in [6, 6.07) is 0. The van der Waals surface area contributed by atoms with Gasteiger partial charge in [-0.25, -0.2) is 9.13 Å². The molecular formula is C87H170O17P2. The van der Waals surface area contributed by atoms with Gasteiger partial charge in [0, 0.05) is 25.7 Å². The Morgan fingerprint density at radius 3 is 0.717 bits per heavy atom. The summed E-state index contributed by atoms with van der Waals surface area (Å²) in [5.41, 5.74) is 0. The second kappa shape index (κ2) is 78.3. The minimum absolute atomic E-state index is 0.108. The van der Waals surface area contributed by atoms with Crippen molar-refractivity contribution >= 4 is 39.5 Å². The van der Waals surface area contributed by atoms with Crippen LogP contribution in [-0.2, 0) is 65.4 Å². The van der Waals surface area contributed by atoms with E-state index in [1.165, 1.54) is 283 Å². The molecule has 6 atom stereocenters. The van der Waals surface area contributed by atoms with Gasteiger partial charge < -0.3 is 33.8 Å². The summed E-state index contributed by atoms with van der Waals surface area (Å²) in [5.74, 6) is -0.517. The highest BCUT2D eigenvalue weighted by molar-refractivity contribution is 7.47. The maximum atomic E-state index is 13.2. The lowest BCUT2D eigenvalue weighted by Crippen LogP contribution is -2.30. The van der Waals surface area contributed by atoms with Crippen molar-refractivity contribution in [1.29, 1.82) is 0 Å². The van der Waals surface area contributed by atoms with E-state index in [0.717, 1.165) is 102 Å². The first-order valence-electron chi connectivity index (χ1n) is 45.0. The van der Waals surface area contributed by atoms with Crippen molar-refractivity contribution in [1.82, 2.24) is 0 Å². The molecule has 19 heteroatoms. The number of esters is 4. The lowest BCUT2D eigenvalue weighted by Gasteiger charge is -2.21. The van der Waals surface area contributed by atoms with Crippen molar-refractivity contribution in [2.24, 2.45) is 11.8 Å². The Bertz CT molecular complexity index is 2030. The topological polar surface area (TPSA) is 237 Å². The van der Waals surface area contributed by atoms with Crippen LogP contribution in [-0.4, -0.2) is 96.7 Å². The van der Waals surface area contributed by atoms with Crippen molar-refractivity contribution < 1.29 is 80.2 Å². The highest BCUT2D eigenvalue weighted by Gasteiger charge is 2.30. The fourth-order valence-electron chi connectivity index (χ4n) is 13.6. The zero-order chi connectivity index (χ0) is 77.8. The van der Waals surface area contributed by atoms with Gasteiger partial charge in [0.05, 0.1) is 26.4 Å². The number of phosphoric acid groups is 2. The molecule has 0 rings (SSSR count). The fourth-order valence-corrected chi connectivity index (χ4v) is 15.1. The predicted molar refractivity (Wildman–Crippen MR) is 437 cm³/mol. The first-order chi connectivity index (χ1) is 51.4. The van der Waals surface area contributed by atoms with Crippen LogP contribution in [0.4, 0.5) is 0 Å². The molecule has 0 aromatic carbocycles. The van der Waals surface area contributed by atoms with Crippen LogP contribution >= 0.6 is 15.6 Å². The molecule has 0 radical (unpaired) electrons. The fraction of sp³-hybridized carbons (Fsp3) is 0.954. The number of unbranched alkanes of at least 4 members (excludes halogenated alkanes) is 55. The number of carbonyl (C=O) groups excluding carboxylic acids is 4. The molecule has 17 nitrogen and oxygen atoms in total. The normalized spacial score (nSPS) is 14.1. The van der Waals surface area contributed by atoms with Crippen LogP contribution in [0.2, 0.25) is 0 Å². The molecule has 0 amide bonds. The molecule has 3 unspecified atom stereocenters. The first kappa shape index (κ1) is 104. The number of phosphoric ester groups is 2. The average Bonchev–Trinajstić information content (AvgIpc) is 0.910. The molecule has 0 aromatic rings. The summed E-state index contributed by atoms with van der Waals surface area (Å²) >= 11 is 0. The number of carbonyl (C=O) groups is 4. The molecule has 0 fully saturated rings. The van der Waals surface area contributed by atoms with Crippen LogP contribution in [0, 0.1) is 11.8 Å². The summed E-state index contributed by atoms with van der Waals surface area (Å²) in [6.45, 7) is 9.71. The standard InChI is InChI=1S/C87H170O17P2/c1-7-10-12-14-16-18-20-22-24-25-26-27-28-29-30-33-38-42-46-54-60-66-72-87(92)103-82(75-97-84(89)69-63-57-51-44-40-37-34-31-32-35-39-43-49-55-61-67-79(4)5)77-101-105(93,94)99-73-81(88)74-100-106(95,96)102-78-83(76-98-85(90)70-64-58-52-48-47-50-56-62-68-80(6)9-3)104-86(91)71-65-59-53-45-41-36-23-21-19-17-15-13-11-8-2/h79-83,88H,7-78H2,1-6H3,(H,93,94)(H,95,96)/t80?,81-,82-,83-/m1/s1. The number of aliphatic hydroxyl groups is 1. The Kier molecular flexibility index (Phi) is 76.9. The van der Waals surface area contributed by atoms with Gasteiger partial charge in [0.2, 0.25) is 0 Å². The summed E-state index contributed by atoms with van der Waals surface area (Å²) in [5, 5.41) is 10.7. The van der Waals surface area contributed by atoms with Crippen LogP contribution in [0.15, 0.2) is 0 Å². The largest absolute Gasteiger partial charge is 0.472 e. The van der Waals surface area contributed by atoms with Gasteiger partial charge in [-0.15, -0.1) is 0 Å². The van der Waals surface area contributed by atoms with Crippen LogP contribution < -0.4 is 0 Å². The van der Waals surface area contributed by atoms with Gasteiger partial charge in [0.15, 0.2) is 12.2 Å². The quantitative estimate of drug-likeness (QED) is 0.0222. The zero-order valence-corrected chi connectivity index (χ0v) is 71.5. The van der Waals surface area contributed by atoms with Crippen molar-refractivity contribution in [3.63, 3.8) is 0 Å². The van der Waals surface area contributed by atoms with Gasteiger partial charge in [-0.1, -0.05) is 414 Å². The molecule has 0 heterocycles. The molecule has 3 N–H and O–H groups in total. The minimum atomic E-state index is -4.97. The summed E-state index contributed by atoms with van der Waals surface area (Å²) in [6.07, 6.45) is 70.8. The second-order valence-corrected chi connectivity index (χ2v) is 34.9. The van der Waals surface area contributed by atoms with Crippen LogP contribution in [0.25, 0.3) is 0 Å². The zero-order valence-electron chi connectivity index (χ0n) is 69.7. The maximum absolute atomic E-state index is 13.2. The van der Waals surface area contributed by atoms with Gasteiger partial charge in [-0.2, -0.15) is 0 Å². The first-order valence-corrected chi connectivity index (χ1v) is 48.0. The second-order valence-electron chi connectivity index (χ2n) is 32.0. The monoisotopic (exact) mass is 1550 g/mol. The lowest BCUT2D eigenvalue weighted by molar-refractivity contribution is -0.161. The van der Waals surface area contributed by atoms with E-state index in [-0.39, 0.29) is 25.7 Å². The third-order valence-electron chi connectivity index (χ3n) is 20.8. The van der Waals surface area contributed by atoms with Gasteiger partial charge in [0.25, 0.3) is 0 Å². The average molecular weight is 1550 g/mol.